The number of aromatic nitrogens is 1. The van der Waals surface area contributed by atoms with Crippen molar-refractivity contribution in [1.82, 2.24) is 4.98 Å². The molecular weight excluding hydrogens is 268 g/mol. The molecule has 0 aromatic carbocycles. The van der Waals surface area contributed by atoms with E-state index in [0.29, 0.717) is 11.7 Å². The number of carbonyl (C=O) groups is 1. The number of rotatable bonds is 5. The smallest absolute Gasteiger partial charge is 0.413 e. The van der Waals surface area contributed by atoms with E-state index in [1.165, 1.54) is 11.3 Å². The highest BCUT2D eigenvalue weighted by Crippen LogP contribution is 2.28. The highest BCUT2D eigenvalue weighted by Gasteiger charge is 2.08. The molecule has 0 aliphatic carbocycles. The molecule has 6 heteroatoms. The molecule has 0 fully saturated rings. The first-order valence-electron chi connectivity index (χ1n) is 5.72. The maximum atomic E-state index is 11.4. The van der Waals surface area contributed by atoms with Crippen molar-refractivity contribution in [3.05, 3.63) is 22.9 Å². The summed E-state index contributed by atoms with van der Waals surface area (Å²) in [6.45, 7) is 2.50. The van der Waals surface area contributed by atoms with Gasteiger partial charge in [0.1, 0.15) is 0 Å². The summed E-state index contributed by atoms with van der Waals surface area (Å²) in [5.74, 6) is 0. The standard InChI is InChI=1S/C12H14N2O2S2/c1-2-3-6-16-12(15)14-11-13-9(8-18-11)10-5-4-7-17-10/h4-5,7-8H,2-3,6H2,1H3,(H,13,14,15). The Balaban J connectivity index is 1.89. The highest BCUT2D eigenvalue weighted by molar-refractivity contribution is 7.16. The van der Waals surface area contributed by atoms with E-state index in [4.69, 9.17) is 4.74 Å². The molecule has 0 saturated heterocycles. The van der Waals surface area contributed by atoms with Gasteiger partial charge >= 0.3 is 6.09 Å². The van der Waals surface area contributed by atoms with Gasteiger partial charge in [0.15, 0.2) is 5.13 Å². The number of hydrogen-bond acceptors (Lipinski definition) is 5. The van der Waals surface area contributed by atoms with Gasteiger partial charge in [0.25, 0.3) is 0 Å². The minimum absolute atomic E-state index is 0.435. The molecule has 96 valence electrons. The predicted octanol–water partition coefficient (Wildman–Crippen LogP) is 4.22. The van der Waals surface area contributed by atoms with Crippen molar-refractivity contribution in [3.8, 4) is 10.6 Å². The van der Waals surface area contributed by atoms with E-state index in [-0.39, 0.29) is 0 Å². The fraction of sp³-hybridized carbons (Fsp3) is 0.333. The van der Waals surface area contributed by atoms with Gasteiger partial charge in [-0.1, -0.05) is 19.4 Å². The summed E-state index contributed by atoms with van der Waals surface area (Å²) >= 11 is 3.02. The van der Waals surface area contributed by atoms with Gasteiger partial charge in [-0.15, -0.1) is 22.7 Å². The normalized spacial score (nSPS) is 10.3. The maximum Gasteiger partial charge on any atom is 0.413 e. The maximum absolute atomic E-state index is 11.4. The van der Waals surface area contributed by atoms with Crippen LogP contribution < -0.4 is 5.32 Å². The Morgan fingerprint density at radius 2 is 2.39 bits per heavy atom. The van der Waals surface area contributed by atoms with Crippen LogP contribution >= 0.6 is 22.7 Å². The summed E-state index contributed by atoms with van der Waals surface area (Å²) in [6.07, 6.45) is 1.45. The van der Waals surface area contributed by atoms with Crippen LogP contribution in [0.4, 0.5) is 9.93 Å². The molecule has 0 aliphatic heterocycles. The van der Waals surface area contributed by atoms with Crippen LogP contribution in [0.5, 0.6) is 0 Å². The second-order valence-electron chi connectivity index (χ2n) is 3.63. The van der Waals surface area contributed by atoms with Crippen LogP contribution in [0.25, 0.3) is 10.6 Å². The van der Waals surface area contributed by atoms with Gasteiger partial charge in [-0.05, 0) is 17.9 Å². The van der Waals surface area contributed by atoms with Crippen molar-refractivity contribution < 1.29 is 9.53 Å². The second kappa shape index (κ2) is 6.51. The zero-order valence-corrected chi connectivity index (χ0v) is 11.6. The first-order valence-corrected chi connectivity index (χ1v) is 7.48. The van der Waals surface area contributed by atoms with Crippen molar-refractivity contribution >= 4 is 33.9 Å². The number of amides is 1. The third-order valence-electron chi connectivity index (χ3n) is 2.22. The Morgan fingerprint density at radius 3 is 3.11 bits per heavy atom. The van der Waals surface area contributed by atoms with Gasteiger partial charge in [0.05, 0.1) is 17.2 Å². The topological polar surface area (TPSA) is 51.2 Å². The lowest BCUT2D eigenvalue weighted by atomic mass is 10.4. The van der Waals surface area contributed by atoms with E-state index < -0.39 is 6.09 Å². The van der Waals surface area contributed by atoms with Crippen molar-refractivity contribution in [2.45, 2.75) is 19.8 Å². The van der Waals surface area contributed by atoms with Crippen LogP contribution in [-0.2, 0) is 4.74 Å². The minimum Gasteiger partial charge on any atom is -0.449 e. The average molecular weight is 282 g/mol. The van der Waals surface area contributed by atoms with Crippen molar-refractivity contribution in [2.75, 3.05) is 11.9 Å². The Kier molecular flexibility index (Phi) is 4.72. The zero-order chi connectivity index (χ0) is 12.8. The molecule has 0 unspecified atom stereocenters. The van der Waals surface area contributed by atoms with E-state index in [1.807, 2.05) is 22.9 Å². The Labute approximate surface area is 114 Å². The molecule has 0 bridgehead atoms. The van der Waals surface area contributed by atoms with E-state index in [2.05, 4.69) is 17.2 Å². The molecule has 2 heterocycles. The molecule has 0 radical (unpaired) electrons. The van der Waals surface area contributed by atoms with E-state index >= 15 is 0 Å². The summed E-state index contributed by atoms with van der Waals surface area (Å²) in [7, 11) is 0. The van der Waals surface area contributed by atoms with Crippen LogP contribution in [0.2, 0.25) is 0 Å². The molecule has 1 amide bonds. The SMILES string of the molecule is CCCCOC(=O)Nc1nc(-c2cccs2)cs1. The van der Waals surface area contributed by atoms with Crippen molar-refractivity contribution in [3.63, 3.8) is 0 Å². The average Bonchev–Trinajstić information content (AvgIpc) is 2.98. The second-order valence-corrected chi connectivity index (χ2v) is 5.44. The number of nitrogens with one attached hydrogen (secondary N) is 1. The number of carbonyl (C=O) groups excluding carboxylic acids is 1. The van der Waals surface area contributed by atoms with Crippen LogP contribution in [0.3, 0.4) is 0 Å². The lowest BCUT2D eigenvalue weighted by Gasteiger charge is -2.02. The number of unbranched alkanes of at least 4 members (excludes halogenated alkanes) is 1. The Bertz CT molecular complexity index is 494. The minimum atomic E-state index is -0.435. The summed E-state index contributed by atoms with van der Waals surface area (Å²) in [4.78, 5) is 16.9. The summed E-state index contributed by atoms with van der Waals surface area (Å²) in [6, 6.07) is 3.98. The molecule has 0 atom stereocenters. The summed E-state index contributed by atoms with van der Waals surface area (Å²) in [5.41, 5.74) is 0.888. The number of anilines is 1. The Morgan fingerprint density at radius 1 is 1.50 bits per heavy atom. The van der Waals surface area contributed by atoms with Gasteiger partial charge in [0, 0.05) is 5.38 Å². The zero-order valence-electron chi connectivity index (χ0n) is 10.0. The summed E-state index contributed by atoms with van der Waals surface area (Å²) in [5, 5.41) is 7.13. The van der Waals surface area contributed by atoms with Crippen LogP contribution in [-0.4, -0.2) is 17.7 Å². The molecular formula is C12H14N2O2S2. The van der Waals surface area contributed by atoms with Crippen molar-refractivity contribution in [2.24, 2.45) is 0 Å². The number of thiazole rings is 1. The van der Waals surface area contributed by atoms with Crippen LogP contribution in [0.15, 0.2) is 22.9 Å². The predicted molar refractivity (Wildman–Crippen MR) is 75.3 cm³/mol. The van der Waals surface area contributed by atoms with E-state index in [1.54, 1.807) is 11.3 Å². The third-order valence-corrected chi connectivity index (χ3v) is 3.87. The molecule has 2 aromatic rings. The highest BCUT2D eigenvalue weighted by atomic mass is 32.1. The molecule has 4 nitrogen and oxygen atoms in total. The number of ether oxygens (including phenoxy) is 1. The molecule has 0 saturated carbocycles. The number of nitrogens with zero attached hydrogens (tertiary/aromatic N) is 1. The first-order chi connectivity index (χ1) is 8.79. The van der Waals surface area contributed by atoms with Gasteiger partial charge < -0.3 is 4.74 Å². The number of thiophene rings is 1. The van der Waals surface area contributed by atoms with Gasteiger partial charge in [-0.25, -0.2) is 9.78 Å². The number of hydrogen-bond donors (Lipinski definition) is 1. The summed E-state index contributed by atoms with van der Waals surface area (Å²) < 4.78 is 5.01. The fourth-order valence-electron chi connectivity index (χ4n) is 1.30. The molecule has 2 rings (SSSR count). The molecule has 0 aliphatic rings. The third kappa shape index (κ3) is 3.54. The molecule has 1 N–H and O–H groups in total. The van der Waals surface area contributed by atoms with E-state index in [9.17, 15) is 4.79 Å². The quantitative estimate of drug-likeness (QED) is 0.835. The molecule has 0 spiro atoms. The molecule has 2 aromatic heterocycles. The van der Waals surface area contributed by atoms with Gasteiger partial charge in [-0.3, -0.25) is 5.32 Å². The van der Waals surface area contributed by atoms with Crippen molar-refractivity contribution in [1.29, 1.82) is 0 Å². The van der Waals surface area contributed by atoms with E-state index in [0.717, 1.165) is 23.4 Å². The van der Waals surface area contributed by atoms with Crippen LogP contribution in [0.1, 0.15) is 19.8 Å². The lowest BCUT2D eigenvalue weighted by Crippen LogP contribution is -2.14. The molecule has 18 heavy (non-hydrogen) atoms. The lowest BCUT2D eigenvalue weighted by molar-refractivity contribution is 0.160. The van der Waals surface area contributed by atoms with Crippen LogP contribution in [0, 0.1) is 0 Å². The Hall–Kier alpha value is -1.40. The first kappa shape index (κ1) is 13.0. The monoisotopic (exact) mass is 282 g/mol. The largest absolute Gasteiger partial charge is 0.449 e. The fourth-order valence-corrected chi connectivity index (χ4v) is 2.76. The van der Waals surface area contributed by atoms with Gasteiger partial charge in [-0.2, -0.15) is 0 Å². The van der Waals surface area contributed by atoms with Gasteiger partial charge in [0.2, 0.25) is 0 Å².